The number of nitrogens with one attached hydrogen (secondary N) is 2. The van der Waals surface area contributed by atoms with Crippen molar-refractivity contribution < 1.29 is 14.3 Å². The first-order valence-electron chi connectivity index (χ1n) is 5.55. The number of rotatable bonds is 6. The van der Waals surface area contributed by atoms with E-state index in [4.69, 9.17) is 15.2 Å². The Kier molecular flexibility index (Phi) is 5.41. The highest BCUT2D eigenvalue weighted by Crippen LogP contribution is 2.15. The van der Waals surface area contributed by atoms with Crippen LogP contribution >= 0.6 is 0 Å². The van der Waals surface area contributed by atoms with Crippen molar-refractivity contribution in [2.75, 3.05) is 24.9 Å². The van der Waals surface area contributed by atoms with E-state index in [0.29, 0.717) is 5.69 Å². The van der Waals surface area contributed by atoms with Gasteiger partial charge < -0.3 is 25.8 Å². The lowest BCUT2D eigenvalue weighted by Gasteiger charge is -2.23. The van der Waals surface area contributed by atoms with Gasteiger partial charge in [-0.2, -0.15) is 0 Å². The number of nitrogens with two attached hydrogens (primary N) is 1. The minimum atomic E-state index is -0.581. The fourth-order valence-electron chi connectivity index (χ4n) is 1.63. The number of hydrogen-bond acceptors (Lipinski definition) is 4. The summed E-state index contributed by atoms with van der Waals surface area (Å²) < 4.78 is 10.3. The van der Waals surface area contributed by atoms with Gasteiger partial charge in [-0.05, 0) is 31.2 Å². The van der Waals surface area contributed by atoms with Crippen LogP contribution in [0.1, 0.15) is 6.92 Å². The zero-order chi connectivity index (χ0) is 13.5. The van der Waals surface area contributed by atoms with Gasteiger partial charge in [0.1, 0.15) is 0 Å². The van der Waals surface area contributed by atoms with Gasteiger partial charge in [-0.3, -0.25) is 0 Å². The monoisotopic (exact) mass is 253 g/mol. The van der Waals surface area contributed by atoms with E-state index in [1.54, 1.807) is 26.4 Å². The van der Waals surface area contributed by atoms with Crippen molar-refractivity contribution in [3.8, 4) is 0 Å². The summed E-state index contributed by atoms with van der Waals surface area (Å²) >= 11 is 0. The Morgan fingerprint density at radius 1 is 1.17 bits per heavy atom. The predicted molar refractivity (Wildman–Crippen MR) is 70.5 cm³/mol. The van der Waals surface area contributed by atoms with Crippen molar-refractivity contribution in [1.29, 1.82) is 0 Å². The molecule has 0 saturated heterocycles. The first kappa shape index (κ1) is 14.3. The van der Waals surface area contributed by atoms with Crippen LogP contribution < -0.4 is 16.4 Å². The highest BCUT2D eigenvalue weighted by atomic mass is 16.7. The number of anilines is 2. The van der Waals surface area contributed by atoms with E-state index < -0.39 is 6.03 Å². The molecule has 0 spiro atoms. The predicted octanol–water partition coefficient (Wildman–Crippen LogP) is 1.60. The van der Waals surface area contributed by atoms with Crippen LogP contribution in [0.3, 0.4) is 0 Å². The third-order valence-electron chi connectivity index (χ3n) is 2.42. The van der Waals surface area contributed by atoms with E-state index >= 15 is 0 Å². The molecule has 1 aromatic rings. The van der Waals surface area contributed by atoms with E-state index in [2.05, 4.69) is 10.6 Å². The van der Waals surface area contributed by atoms with Crippen molar-refractivity contribution >= 4 is 17.4 Å². The minimum absolute atomic E-state index is 0.00468. The molecular weight excluding hydrogens is 234 g/mol. The maximum absolute atomic E-state index is 10.7. The topological polar surface area (TPSA) is 85.6 Å². The van der Waals surface area contributed by atoms with E-state index in [0.717, 1.165) is 5.69 Å². The molecule has 0 bridgehead atoms. The van der Waals surface area contributed by atoms with E-state index in [-0.39, 0.29) is 12.3 Å². The summed E-state index contributed by atoms with van der Waals surface area (Å²) in [6.07, 6.45) is -0.326. The lowest BCUT2D eigenvalue weighted by molar-refractivity contribution is -0.109. The van der Waals surface area contributed by atoms with Crippen LogP contribution in [-0.4, -0.2) is 32.6 Å². The molecule has 0 saturated carbocycles. The molecule has 100 valence electrons. The quantitative estimate of drug-likeness (QED) is 0.672. The summed E-state index contributed by atoms with van der Waals surface area (Å²) in [5, 5.41) is 5.72. The second-order valence-corrected chi connectivity index (χ2v) is 3.84. The molecule has 6 nitrogen and oxygen atoms in total. The molecular formula is C12H19N3O3. The molecule has 1 atom stereocenters. The summed E-state index contributed by atoms with van der Waals surface area (Å²) in [5.41, 5.74) is 6.57. The first-order chi connectivity index (χ1) is 8.56. The molecule has 6 heteroatoms. The number of primary amides is 1. The van der Waals surface area contributed by atoms with Gasteiger partial charge in [-0.15, -0.1) is 0 Å². The number of ether oxygens (including phenoxy) is 2. The summed E-state index contributed by atoms with van der Waals surface area (Å²) in [5.74, 6) is 0. The number of carbonyl (C=O) groups is 1. The van der Waals surface area contributed by atoms with Crippen molar-refractivity contribution in [3.63, 3.8) is 0 Å². The van der Waals surface area contributed by atoms with Gasteiger partial charge in [0.15, 0.2) is 6.29 Å². The first-order valence-corrected chi connectivity index (χ1v) is 5.55. The molecule has 0 fully saturated rings. The molecule has 0 aliphatic carbocycles. The average molecular weight is 253 g/mol. The van der Waals surface area contributed by atoms with Crippen LogP contribution in [0.25, 0.3) is 0 Å². The third kappa shape index (κ3) is 4.23. The lowest BCUT2D eigenvalue weighted by Crippen LogP contribution is -2.33. The maximum atomic E-state index is 10.7. The molecule has 0 aromatic heterocycles. The molecule has 4 N–H and O–H groups in total. The second kappa shape index (κ2) is 6.83. The van der Waals surface area contributed by atoms with Gasteiger partial charge in [0.05, 0.1) is 6.04 Å². The Morgan fingerprint density at radius 3 is 2.11 bits per heavy atom. The van der Waals surface area contributed by atoms with Crippen LogP contribution in [0.4, 0.5) is 16.2 Å². The number of carbonyl (C=O) groups excluding carboxylic acids is 1. The Balaban J connectivity index is 2.60. The van der Waals surface area contributed by atoms with E-state index in [1.165, 1.54) is 0 Å². The van der Waals surface area contributed by atoms with Crippen LogP contribution in [0, 0.1) is 0 Å². The Morgan fingerprint density at radius 2 is 1.67 bits per heavy atom. The Labute approximate surface area is 106 Å². The molecule has 1 aromatic carbocycles. The van der Waals surface area contributed by atoms with Crippen LogP contribution in [0.2, 0.25) is 0 Å². The number of hydrogen-bond donors (Lipinski definition) is 3. The van der Waals surface area contributed by atoms with Crippen molar-refractivity contribution in [2.24, 2.45) is 5.73 Å². The highest BCUT2D eigenvalue weighted by Gasteiger charge is 2.15. The molecule has 0 aliphatic heterocycles. The molecule has 0 radical (unpaired) electrons. The van der Waals surface area contributed by atoms with E-state index in [1.807, 2.05) is 19.1 Å². The summed E-state index contributed by atoms with van der Waals surface area (Å²) in [6.45, 7) is 1.95. The summed E-state index contributed by atoms with van der Waals surface area (Å²) in [6, 6.07) is 6.61. The van der Waals surface area contributed by atoms with Crippen LogP contribution in [0.5, 0.6) is 0 Å². The Hall–Kier alpha value is -1.79. The van der Waals surface area contributed by atoms with Gasteiger partial charge >= 0.3 is 6.03 Å². The molecule has 2 amide bonds. The zero-order valence-electron chi connectivity index (χ0n) is 10.8. The fourth-order valence-corrected chi connectivity index (χ4v) is 1.63. The number of amides is 2. The number of methoxy groups -OCH3 is 2. The Bertz CT molecular complexity index is 377. The minimum Gasteiger partial charge on any atom is -0.377 e. The average Bonchev–Trinajstić information content (AvgIpc) is 2.32. The molecule has 0 aliphatic rings. The molecule has 1 rings (SSSR count). The summed E-state index contributed by atoms with van der Waals surface area (Å²) in [7, 11) is 3.18. The number of benzene rings is 1. The fraction of sp³-hybridized carbons (Fsp3) is 0.417. The molecule has 0 heterocycles. The smallest absolute Gasteiger partial charge is 0.316 e. The van der Waals surface area contributed by atoms with Crippen LogP contribution in [0.15, 0.2) is 24.3 Å². The van der Waals surface area contributed by atoms with Gasteiger partial charge in [0.25, 0.3) is 0 Å². The molecule has 1 unspecified atom stereocenters. The van der Waals surface area contributed by atoms with Gasteiger partial charge in [0.2, 0.25) is 0 Å². The van der Waals surface area contributed by atoms with Gasteiger partial charge in [-0.1, -0.05) is 0 Å². The summed E-state index contributed by atoms with van der Waals surface area (Å²) in [4.78, 5) is 10.7. The normalized spacial score (nSPS) is 12.2. The van der Waals surface area contributed by atoms with E-state index in [9.17, 15) is 4.79 Å². The SMILES string of the molecule is COC(OC)C(C)Nc1ccc(NC(N)=O)cc1. The lowest BCUT2D eigenvalue weighted by atomic mass is 10.2. The third-order valence-corrected chi connectivity index (χ3v) is 2.42. The van der Waals surface area contributed by atoms with Crippen LogP contribution in [-0.2, 0) is 9.47 Å². The van der Waals surface area contributed by atoms with Crippen molar-refractivity contribution in [1.82, 2.24) is 0 Å². The highest BCUT2D eigenvalue weighted by molar-refractivity contribution is 5.87. The standard InChI is InChI=1S/C12H19N3O3/c1-8(11(17-2)18-3)14-9-4-6-10(7-5-9)15-12(13)16/h4-8,11,14H,1-3H3,(H3,13,15,16). The second-order valence-electron chi connectivity index (χ2n) is 3.84. The van der Waals surface area contributed by atoms with Crippen molar-refractivity contribution in [3.05, 3.63) is 24.3 Å². The number of urea groups is 1. The maximum Gasteiger partial charge on any atom is 0.316 e. The zero-order valence-corrected chi connectivity index (χ0v) is 10.8. The van der Waals surface area contributed by atoms with Gasteiger partial charge in [-0.25, -0.2) is 4.79 Å². The largest absolute Gasteiger partial charge is 0.377 e. The van der Waals surface area contributed by atoms with Gasteiger partial charge in [0, 0.05) is 25.6 Å². The van der Waals surface area contributed by atoms with Crippen molar-refractivity contribution in [2.45, 2.75) is 19.3 Å². The molecule has 18 heavy (non-hydrogen) atoms.